The number of hydrogen-bond donors (Lipinski definition) is 2. The van der Waals surface area contributed by atoms with E-state index in [0.29, 0.717) is 6.54 Å². The lowest BCUT2D eigenvalue weighted by Crippen LogP contribution is -2.37. The molecule has 0 bridgehead atoms. The van der Waals surface area contributed by atoms with Gasteiger partial charge < -0.3 is 10.6 Å². The van der Waals surface area contributed by atoms with Gasteiger partial charge in [-0.25, -0.2) is 9.98 Å². The summed E-state index contributed by atoms with van der Waals surface area (Å²) in [6.45, 7) is 11.1. The summed E-state index contributed by atoms with van der Waals surface area (Å²) < 4.78 is 0. The van der Waals surface area contributed by atoms with E-state index in [1.165, 1.54) is 23.6 Å². The number of thiazole rings is 1. The van der Waals surface area contributed by atoms with Crippen molar-refractivity contribution in [3.8, 4) is 0 Å². The van der Waals surface area contributed by atoms with Crippen molar-refractivity contribution in [1.29, 1.82) is 0 Å². The molecule has 126 valence electrons. The van der Waals surface area contributed by atoms with Crippen molar-refractivity contribution >= 4 is 29.1 Å². The highest BCUT2D eigenvalue weighted by Crippen LogP contribution is 2.25. The van der Waals surface area contributed by atoms with Crippen molar-refractivity contribution in [2.45, 2.75) is 52.5 Å². The summed E-state index contributed by atoms with van der Waals surface area (Å²) in [7, 11) is 0. The molecule has 0 aliphatic rings. The van der Waals surface area contributed by atoms with Crippen LogP contribution in [0.5, 0.6) is 0 Å². The summed E-state index contributed by atoms with van der Waals surface area (Å²) in [5.74, 6) is 2.11. The van der Waals surface area contributed by atoms with Gasteiger partial charge in [0.15, 0.2) is 5.96 Å². The fraction of sp³-hybridized carbons (Fsp3) is 0.750. The van der Waals surface area contributed by atoms with Crippen LogP contribution < -0.4 is 10.6 Å². The molecular weight excluding hydrogens is 312 g/mol. The van der Waals surface area contributed by atoms with Crippen LogP contribution >= 0.6 is 23.1 Å². The Morgan fingerprint density at radius 3 is 2.68 bits per heavy atom. The third-order valence-corrected chi connectivity index (χ3v) is 5.02. The van der Waals surface area contributed by atoms with E-state index < -0.39 is 0 Å². The van der Waals surface area contributed by atoms with Crippen LogP contribution in [0.2, 0.25) is 0 Å². The van der Waals surface area contributed by atoms with Gasteiger partial charge in [-0.3, -0.25) is 0 Å². The van der Waals surface area contributed by atoms with Crippen LogP contribution in [0.4, 0.5) is 0 Å². The van der Waals surface area contributed by atoms with Crippen molar-refractivity contribution in [2.75, 3.05) is 25.1 Å². The van der Waals surface area contributed by atoms with Gasteiger partial charge in [-0.15, -0.1) is 11.3 Å². The third kappa shape index (κ3) is 7.49. The zero-order valence-corrected chi connectivity index (χ0v) is 16.2. The molecule has 0 aliphatic heterocycles. The molecule has 1 heterocycles. The predicted molar refractivity (Wildman–Crippen MR) is 101 cm³/mol. The van der Waals surface area contributed by atoms with Crippen molar-refractivity contribution < 1.29 is 0 Å². The molecule has 1 aromatic heterocycles. The van der Waals surface area contributed by atoms with Gasteiger partial charge in [0.1, 0.15) is 0 Å². The summed E-state index contributed by atoms with van der Waals surface area (Å²) in [6, 6.07) is 0. The second-order valence-corrected chi connectivity index (χ2v) is 8.06. The van der Waals surface area contributed by atoms with Gasteiger partial charge >= 0.3 is 0 Å². The molecular formula is C16H30N4S2. The zero-order chi connectivity index (χ0) is 16.4. The van der Waals surface area contributed by atoms with E-state index in [0.717, 1.165) is 24.7 Å². The molecule has 0 unspecified atom stereocenters. The Kier molecular flexibility index (Phi) is 8.86. The van der Waals surface area contributed by atoms with Crippen LogP contribution in [-0.4, -0.2) is 36.0 Å². The first-order chi connectivity index (χ1) is 10.5. The molecule has 2 N–H and O–H groups in total. The molecule has 0 fully saturated rings. The maximum absolute atomic E-state index is 4.69. The number of nitrogens with zero attached hydrogens (tertiary/aromatic N) is 2. The van der Waals surface area contributed by atoms with E-state index >= 15 is 0 Å². The summed E-state index contributed by atoms with van der Waals surface area (Å²) in [5, 5.41) is 9.97. The van der Waals surface area contributed by atoms with Crippen molar-refractivity contribution in [1.82, 2.24) is 15.6 Å². The van der Waals surface area contributed by atoms with Crippen LogP contribution in [0, 0.1) is 0 Å². The Morgan fingerprint density at radius 1 is 1.32 bits per heavy atom. The molecule has 0 aromatic carbocycles. The topological polar surface area (TPSA) is 49.3 Å². The lowest BCUT2D eigenvalue weighted by Gasteiger charge is -2.13. The number of guanidine groups is 1. The highest BCUT2D eigenvalue weighted by atomic mass is 32.2. The summed E-state index contributed by atoms with van der Waals surface area (Å²) in [6.07, 6.45) is 4.57. The second kappa shape index (κ2) is 10.1. The van der Waals surface area contributed by atoms with E-state index in [1.807, 2.05) is 11.8 Å². The minimum atomic E-state index is 0.118. The van der Waals surface area contributed by atoms with Crippen LogP contribution in [0.3, 0.4) is 0 Å². The molecule has 0 saturated heterocycles. The Morgan fingerprint density at radius 2 is 2.09 bits per heavy atom. The first-order valence-corrected chi connectivity index (χ1v) is 10.2. The summed E-state index contributed by atoms with van der Waals surface area (Å²) >= 11 is 3.63. The van der Waals surface area contributed by atoms with Gasteiger partial charge in [0.25, 0.3) is 0 Å². The Hall–Kier alpha value is -0.750. The summed E-state index contributed by atoms with van der Waals surface area (Å²) in [5.41, 5.74) is 1.17. The molecule has 1 aromatic rings. The molecule has 0 radical (unpaired) electrons. The Balaban J connectivity index is 2.49. The number of aliphatic imine (C=N–C) groups is 1. The standard InChI is InChI=1S/C16H30N4S2/c1-6-17-15(18-9-7-8-10-21-5)19-11-13-12-22-14(20-13)16(2,3)4/h12H,6-11H2,1-5H3,(H2,17,18,19). The number of thioether (sulfide) groups is 1. The number of nitrogens with one attached hydrogen (secondary N) is 2. The Bertz CT molecular complexity index is 449. The number of aromatic nitrogens is 1. The van der Waals surface area contributed by atoms with E-state index in [1.54, 1.807) is 11.3 Å². The normalized spacial score (nSPS) is 12.5. The number of rotatable bonds is 8. The minimum absolute atomic E-state index is 0.118. The SMILES string of the molecule is CCNC(=NCc1csc(C(C)(C)C)n1)NCCCCSC. The first kappa shape index (κ1) is 19.3. The summed E-state index contributed by atoms with van der Waals surface area (Å²) in [4.78, 5) is 9.32. The predicted octanol–water partition coefficient (Wildman–Crippen LogP) is 3.64. The number of unbranched alkanes of at least 4 members (excludes halogenated alkanes) is 1. The molecule has 1 rings (SSSR count). The van der Waals surface area contributed by atoms with Crippen LogP contribution in [0.1, 0.15) is 51.2 Å². The molecule has 4 nitrogen and oxygen atoms in total. The van der Waals surface area contributed by atoms with Gasteiger partial charge in [-0.05, 0) is 31.8 Å². The zero-order valence-electron chi connectivity index (χ0n) is 14.5. The molecule has 0 spiro atoms. The molecule has 22 heavy (non-hydrogen) atoms. The lowest BCUT2D eigenvalue weighted by atomic mass is 9.98. The first-order valence-electron chi connectivity index (χ1n) is 7.93. The Labute approximate surface area is 143 Å². The van der Waals surface area contributed by atoms with Gasteiger partial charge in [0.2, 0.25) is 0 Å². The van der Waals surface area contributed by atoms with E-state index in [9.17, 15) is 0 Å². The highest BCUT2D eigenvalue weighted by molar-refractivity contribution is 7.98. The van der Waals surface area contributed by atoms with Gasteiger partial charge in [-0.1, -0.05) is 20.8 Å². The van der Waals surface area contributed by atoms with Crippen LogP contribution in [-0.2, 0) is 12.0 Å². The fourth-order valence-electron chi connectivity index (χ4n) is 1.80. The quantitative estimate of drug-likeness (QED) is 0.430. The van der Waals surface area contributed by atoms with Gasteiger partial charge in [-0.2, -0.15) is 11.8 Å². The molecule has 0 aliphatic carbocycles. The lowest BCUT2D eigenvalue weighted by molar-refractivity contribution is 0.583. The number of hydrogen-bond acceptors (Lipinski definition) is 4. The minimum Gasteiger partial charge on any atom is -0.357 e. The van der Waals surface area contributed by atoms with Crippen LogP contribution in [0.25, 0.3) is 0 Å². The van der Waals surface area contributed by atoms with E-state index in [4.69, 9.17) is 0 Å². The molecule has 0 saturated carbocycles. The van der Waals surface area contributed by atoms with Crippen molar-refractivity contribution in [3.63, 3.8) is 0 Å². The monoisotopic (exact) mass is 342 g/mol. The van der Waals surface area contributed by atoms with Crippen molar-refractivity contribution in [3.05, 3.63) is 16.1 Å². The van der Waals surface area contributed by atoms with Gasteiger partial charge in [0, 0.05) is 23.9 Å². The third-order valence-electron chi connectivity index (χ3n) is 3.00. The molecule has 6 heteroatoms. The maximum atomic E-state index is 4.69. The van der Waals surface area contributed by atoms with E-state index in [2.05, 4.69) is 59.9 Å². The fourth-order valence-corrected chi connectivity index (χ4v) is 3.20. The van der Waals surface area contributed by atoms with E-state index in [-0.39, 0.29) is 5.41 Å². The molecule has 0 atom stereocenters. The second-order valence-electron chi connectivity index (χ2n) is 6.22. The maximum Gasteiger partial charge on any atom is 0.191 e. The van der Waals surface area contributed by atoms with Crippen LogP contribution in [0.15, 0.2) is 10.4 Å². The highest BCUT2D eigenvalue weighted by Gasteiger charge is 2.17. The van der Waals surface area contributed by atoms with Crippen molar-refractivity contribution in [2.24, 2.45) is 4.99 Å². The smallest absolute Gasteiger partial charge is 0.191 e. The average Bonchev–Trinajstić information content (AvgIpc) is 2.93. The average molecular weight is 343 g/mol. The molecule has 0 amide bonds. The van der Waals surface area contributed by atoms with Gasteiger partial charge in [0.05, 0.1) is 17.2 Å². The largest absolute Gasteiger partial charge is 0.357 e.